The molecule has 41 heavy (non-hydrogen) atoms. The third kappa shape index (κ3) is 4.60. The third-order valence-corrected chi connectivity index (χ3v) is 8.00. The van der Waals surface area contributed by atoms with Crippen LogP contribution in [0.15, 0.2) is 65.0 Å². The molecule has 0 radical (unpaired) electrons. The van der Waals surface area contributed by atoms with E-state index in [0.29, 0.717) is 38.2 Å². The van der Waals surface area contributed by atoms with Gasteiger partial charge in [-0.05, 0) is 68.3 Å². The van der Waals surface area contributed by atoms with Crippen molar-refractivity contribution in [3.05, 3.63) is 92.9 Å². The van der Waals surface area contributed by atoms with E-state index in [4.69, 9.17) is 27.2 Å². The first-order chi connectivity index (χ1) is 19.6. The summed E-state index contributed by atoms with van der Waals surface area (Å²) >= 11 is 7.65. The van der Waals surface area contributed by atoms with Crippen LogP contribution in [-0.2, 0) is 0 Å². The second kappa shape index (κ2) is 10.2. The second-order valence-corrected chi connectivity index (χ2v) is 11.0. The van der Waals surface area contributed by atoms with Gasteiger partial charge in [0.15, 0.2) is 17.2 Å². The number of rotatable bonds is 6. The number of ether oxygens (including phenoxy) is 1. The van der Waals surface area contributed by atoms with Crippen molar-refractivity contribution < 1.29 is 13.5 Å². The van der Waals surface area contributed by atoms with Crippen molar-refractivity contribution in [3.8, 4) is 28.1 Å². The molecule has 0 spiro atoms. The average molecular weight is 593 g/mol. The smallest absolute Gasteiger partial charge is 0.265 e. The summed E-state index contributed by atoms with van der Waals surface area (Å²) in [6.45, 7) is 5.47. The Morgan fingerprint density at radius 3 is 2.59 bits per heavy atom. The van der Waals surface area contributed by atoms with E-state index in [1.165, 1.54) is 46.3 Å². The van der Waals surface area contributed by atoms with E-state index in [1.807, 2.05) is 26.8 Å². The SMILES string of the molecule is CC(C)Oc1ccc(-c2nn([C@H](C)c3cc4scc(Cl)n4c(=O)c3-c3cccc(F)c3)c3ncnc(N)c23)cc1F. The van der Waals surface area contributed by atoms with E-state index >= 15 is 0 Å². The van der Waals surface area contributed by atoms with E-state index < -0.39 is 23.2 Å². The Hall–Kier alpha value is -4.35. The molecule has 0 aliphatic carbocycles. The van der Waals surface area contributed by atoms with E-state index in [2.05, 4.69) is 9.97 Å². The molecular weight excluding hydrogens is 570 g/mol. The first-order valence-corrected chi connectivity index (χ1v) is 13.9. The molecule has 8 nitrogen and oxygen atoms in total. The van der Waals surface area contributed by atoms with Gasteiger partial charge >= 0.3 is 0 Å². The molecular formula is C29H23ClF2N6O2S. The van der Waals surface area contributed by atoms with Crippen LogP contribution in [0.2, 0.25) is 5.15 Å². The molecule has 0 fully saturated rings. The maximum atomic E-state index is 15.0. The van der Waals surface area contributed by atoms with Gasteiger partial charge in [0.1, 0.15) is 33.6 Å². The van der Waals surface area contributed by atoms with E-state index in [0.717, 1.165) is 0 Å². The Kier molecular flexibility index (Phi) is 6.71. The normalized spacial score (nSPS) is 12.5. The van der Waals surface area contributed by atoms with Crippen molar-refractivity contribution in [2.75, 3.05) is 5.73 Å². The number of aromatic nitrogens is 5. The minimum atomic E-state index is -0.592. The molecule has 0 amide bonds. The zero-order valence-electron chi connectivity index (χ0n) is 22.1. The van der Waals surface area contributed by atoms with Crippen molar-refractivity contribution in [1.29, 1.82) is 0 Å². The number of benzene rings is 2. The fourth-order valence-electron chi connectivity index (χ4n) is 4.92. The Morgan fingerprint density at radius 1 is 1.05 bits per heavy atom. The molecule has 6 aromatic rings. The number of hydrogen-bond acceptors (Lipinski definition) is 7. The second-order valence-electron chi connectivity index (χ2n) is 9.76. The predicted molar refractivity (Wildman–Crippen MR) is 157 cm³/mol. The van der Waals surface area contributed by atoms with Crippen molar-refractivity contribution in [2.45, 2.75) is 32.9 Å². The molecule has 4 heterocycles. The standard InChI is InChI=1S/C29H23ClF2N6O2S/c1-14(2)40-21-8-7-17(10-20(21)32)26-25-27(33)34-13-35-28(25)38(36-26)15(3)19-11-23-37(22(30)12-41-23)29(39)24(19)16-5-4-6-18(31)9-16/h4-15H,1-3H3,(H2,33,34,35)/t15-/m1/s1. The number of hydrogen-bond donors (Lipinski definition) is 1. The fourth-order valence-corrected chi connectivity index (χ4v) is 6.07. The van der Waals surface area contributed by atoms with Crippen LogP contribution in [-0.4, -0.2) is 30.3 Å². The molecule has 0 saturated heterocycles. The van der Waals surface area contributed by atoms with Crippen molar-refractivity contribution in [3.63, 3.8) is 0 Å². The number of anilines is 1. The molecule has 208 valence electrons. The van der Waals surface area contributed by atoms with Gasteiger partial charge < -0.3 is 10.5 Å². The molecule has 0 saturated carbocycles. The van der Waals surface area contributed by atoms with E-state index in [-0.39, 0.29) is 28.4 Å². The summed E-state index contributed by atoms with van der Waals surface area (Å²) in [5, 5.41) is 7.17. The summed E-state index contributed by atoms with van der Waals surface area (Å²) in [4.78, 5) is 23.0. The summed E-state index contributed by atoms with van der Waals surface area (Å²) in [5.74, 6) is -0.754. The molecule has 0 aliphatic heterocycles. The largest absolute Gasteiger partial charge is 0.488 e. The summed E-state index contributed by atoms with van der Waals surface area (Å²) < 4.78 is 37.9. The molecule has 6 rings (SSSR count). The van der Waals surface area contributed by atoms with E-state index in [9.17, 15) is 13.6 Å². The topological polar surface area (TPSA) is 100 Å². The third-order valence-electron chi connectivity index (χ3n) is 6.71. The monoisotopic (exact) mass is 592 g/mol. The molecule has 12 heteroatoms. The van der Waals surface area contributed by atoms with Gasteiger partial charge in [-0.2, -0.15) is 5.10 Å². The Bertz CT molecular complexity index is 2020. The predicted octanol–water partition coefficient (Wildman–Crippen LogP) is 6.75. The minimum absolute atomic E-state index is 0.119. The van der Waals surface area contributed by atoms with E-state index in [1.54, 1.807) is 28.3 Å². The Labute approximate surface area is 241 Å². The van der Waals surface area contributed by atoms with Crippen LogP contribution in [0, 0.1) is 11.6 Å². The lowest BCUT2D eigenvalue weighted by Crippen LogP contribution is -2.20. The van der Waals surface area contributed by atoms with Crippen molar-refractivity contribution in [1.82, 2.24) is 24.1 Å². The lowest BCUT2D eigenvalue weighted by atomic mass is 9.97. The number of nitrogen functional groups attached to an aromatic ring is 1. The number of nitrogens with zero attached hydrogens (tertiary/aromatic N) is 5. The molecule has 0 aliphatic rings. The number of pyridine rings is 1. The summed E-state index contributed by atoms with van der Waals surface area (Å²) in [5.41, 5.74) is 8.32. The van der Waals surface area contributed by atoms with Crippen LogP contribution in [0.25, 0.3) is 38.2 Å². The van der Waals surface area contributed by atoms with Crippen molar-refractivity contribution >= 4 is 44.6 Å². The molecule has 1 atom stereocenters. The highest BCUT2D eigenvalue weighted by molar-refractivity contribution is 7.16. The van der Waals surface area contributed by atoms with Gasteiger partial charge in [0.25, 0.3) is 5.56 Å². The highest BCUT2D eigenvalue weighted by Gasteiger charge is 2.26. The highest BCUT2D eigenvalue weighted by atomic mass is 35.5. The molecule has 0 bridgehead atoms. The van der Waals surface area contributed by atoms with Crippen molar-refractivity contribution in [2.24, 2.45) is 0 Å². The number of fused-ring (bicyclic) bond motifs is 2. The first-order valence-electron chi connectivity index (χ1n) is 12.7. The van der Waals surface area contributed by atoms with Crippen LogP contribution in [0.1, 0.15) is 32.4 Å². The Morgan fingerprint density at radius 2 is 1.85 bits per heavy atom. The molecule has 2 aromatic carbocycles. The quantitative estimate of drug-likeness (QED) is 0.230. The molecule has 2 N–H and O–H groups in total. The zero-order chi connectivity index (χ0) is 29.0. The van der Waals surface area contributed by atoms with Gasteiger partial charge in [-0.1, -0.05) is 23.7 Å². The van der Waals surface area contributed by atoms with Gasteiger partial charge in [-0.25, -0.2) is 23.4 Å². The summed E-state index contributed by atoms with van der Waals surface area (Å²) in [7, 11) is 0. The van der Waals surface area contributed by atoms with Crippen LogP contribution in [0.5, 0.6) is 5.75 Å². The van der Waals surface area contributed by atoms with Gasteiger partial charge in [0.2, 0.25) is 0 Å². The number of halogens is 3. The maximum Gasteiger partial charge on any atom is 0.265 e. The van der Waals surface area contributed by atoms with Gasteiger partial charge in [0.05, 0.1) is 23.1 Å². The lowest BCUT2D eigenvalue weighted by molar-refractivity contribution is 0.231. The summed E-state index contributed by atoms with van der Waals surface area (Å²) in [6.07, 6.45) is 1.11. The van der Waals surface area contributed by atoms with Gasteiger partial charge in [-0.15, -0.1) is 11.3 Å². The fraction of sp³-hybridized carbons (Fsp3) is 0.172. The van der Waals surface area contributed by atoms with Crippen LogP contribution >= 0.6 is 22.9 Å². The van der Waals surface area contributed by atoms with Crippen LogP contribution < -0.4 is 16.0 Å². The molecule has 4 aromatic heterocycles. The van der Waals surface area contributed by atoms with Gasteiger partial charge in [-0.3, -0.25) is 9.20 Å². The van der Waals surface area contributed by atoms with Gasteiger partial charge in [0, 0.05) is 10.9 Å². The lowest BCUT2D eigenvalue weighted by Gasteiger charge is -2.18. The molecule has 0 unspecified atom stereocenters. The van der Waals surface area contributed by atoms with Crippen LogP contribution in [0.3, 0.4) is 0 Å². The number of thiazole rings is 1. The maximum absolute atomic E-state index is 15.0. The van der Waals surface area contributed by atoms with Crippen LogP contribution in [0.4, 0.5) is 14.6 Å². The Balaban J connectivity index is 1.59. The first kappa shape index (κ1) is 26.9. The number of nitrogens with two attached hydrogens (primary N) is 1. The highest BCUT2D eigenvalue weighted by Crippen LogP contribution is 2.37. The zero-order valence-corrected chi connectivity index (χ0v) is 23.7. The summed E-state index contributed by atoms with van der Waals surface area (Å²) in [6, 6.07) is 11.6. The average Bonchev–Trinajstić information content (AvgIpc) is 3.51. The minimum Gasteiger partial charge on any atom is -0.488 e.